The van der Waals surface area contributed by atoms with Gasteiger partial charge in [0.2, 0.25) is 0 Å². The first-order valence-electron chi connectivity index (χ1n) is 9.43. The summed E-state index contributed by atoms with van der Waals surface area (Å²) in [4.78, 5) is 13.0. The molecule has 26 heavy (non-hydrogen) atoms. The maximum absolute atomic E-state index is 10.9. The molecule has 2 aliphatic carbocycles. The summed E-state index contributed by atoms with van der Waals surface area (Å²) in [7, 11) is 0. The average molecular weight is 352 g/mol. The van der Waals surface area contributed by atoms with Gasteiger partial charge in [-0.15, -0.1) is 0 Å². The number of allylic oxidation sites excluding steroid dienone is 4. The zero-order valence-electron chi connectivity index (χ0n) is 14.9. The maximum atomic E-state index is 10.9. The quantitative estimate of drug-likeness (QED) is 0.593. The first-order valence-corrected chi connectivity index (χ1v) is 9.43. The van der Waals surface area contributed by atoms with E-state index in [0.29, 0.717) is 0 Å². The smallest absolute Gasteiger partial charge is 0.269 e. The summed E-state index contributed by atoms with van der Waals surface area (Å²) in [5.74, 6) is 0. The van der Waals surface area contributed by atoms with Crippen molar-refractivity contribution in [1.29, 1.82) is 0 Å². The number of nitrogens with zero attached hydrogens (tertiary/aromatic N) is 2. The van der Waals surface area contributed by atoms with Crippen LogP contribution >= 0.6 is 0 Å². The topological polar surface area (TPSA) is 55.6 Å². The summed E-state index contributed by atoms with van der Waals surface area (Å²) < 4.78 is 5.55. The average Bonchev–Trinajstić information content (AvgIpc) is 3.32. The molecule has 1 aliphatic heterocycles. The fourth-order valence-electron chi connectivity index (χ4n) is 4.16. The Morgan fingerprint density at radius 3 is 2.50 bits per heavy atom. The molecular weight excluding hydrogens is 328 g/mol. The van der Waals surface area contributed by atoms with E-state index in [-0.39, 0.29) is 10.6 Å². The van der Waals surface area contributed by atoms with Crippen molar-refractivity contribution in [3.05, 3.63) is 68.4 Å². The number of hydrogen-bond donors (Lipinski definition) is 0. The number of nitro groups is 1. The molecule has 5 heteroatoms. The minimum Gasteiger partial charge on any atom is -0.378 e. The van der Waals surface area contributed by atoms with Gasteiger partial charge < -0.3 is 9.64 Å². The Labute approximate surface area is 153 Å². The van der Waals surface area contributed by atoms with E-state index in [1.165, 1.54) is 41.7 Å². The highest BCUT2D eigenvalue weighted by molar-refractivity contribution is 5.64. The van der Waals surface area contributed by atoms with E-state index in [1.807, 2.05) is 12.1 Å². The van der Waals surface area contributed by atoms with Crippen LogP contribution in [0.1, 0.15) is 37.7 Å². The highest BCUT2D eigenvalue weighted by Gasteiger charge is 2.28. The number of ether oxygens (including phenoxy) is 1. The lowest BCUT2D eigenvalue weighted by molar-refractivity contribution is -0.384. The van der Waals surface area contributed by atoms with Gasteiger partial charge in [0.1, 0.15) is 0 Å². The van der Waals surface area contributed by atoms with Crippen molar-refractivity contribution in [2.45, 2.75) is 32.1 Å². The highest BCUT2D eigenvalue weighted by Crippen LogP contribution is 2.41. The molecule has 0 bridgehead atoms. The molecule has 0 aromatic heterocycles. The van der Waals surface area contributed by atoms with E-state index in [4.69, 9.17) is 4.74 Å². The molecule has 0 amide bonds. The number of non-ortho nitro benzene ring substituents is 1. The standard InChI is InChI=1S/C21H24N2O3/c24-23(25)19-8-5-16(6-9-19)15-18-7-10-20(17-3-1-2-4-17)21(18)22-11-13-26-14-12-22/h3,5-6,8-9,15H,1-2,4,7,10-14H2/b18-15+. The third-order valence-electron chi connectivity index (χ3n) is 5.44. The molecule has 3 aliphatic rings. The molecule has 1 heterocycles. The fourth-order valence-corrected chi connectivity index (χ4v) is 4.16. The molecule has 1 aromatic rings. The summed E-state index contributed by atoms with van der Waals surface area (Å²) in [6.07, 6.45) is 10.4. The van der Waals surface area contributed by atoms with Crippen molar-refractivity contribution in [1.82, 2.24) is 4.90 Å². The van der Waals surface area contributed by atoms with E-state index >= 15 is 0 Å². The van der Waals surface area contributed by atoms with Crippen molar-refractivity contribution in [2.24, 2.45) is 0 Å². The minimum absolute atomic E-state index is 0.138. The zero-order valence-corrected chi connectivity index (χ0v) is 14.9. The normalized spacial score (nSPS) is 22.2. The van der Waals surface area contributed by atoms with Gasteiger partial charge in [-0.05, 0) is 72.6 Å². The summed E-state index contributed by atoms with van der Waals surface area (Å²) in [6.45, 7) is 3.43. The second-order valence-corrected chi connectivity index (χ2v) is 7.07. The van der Waals surface area contributed by atoms with Crippen LogP contribution in [0.15, 0.2) is 52.8 Å². The Bertz CT molecular complexity index is 784. The monoisotopic (exact) mass is 352 g/mol. The lowest BCUT2D eigenvalue weighted by atomic mass is 10.0. The molecule has 136 valence electrons. The van der Waals surface area contributed by atoms with Crippen molar-refractivity contribution in [2.75, 3.05) is 26.3 Å². The van der Waals surface area contributed by atoms with Crippen LogP contribution in [0.25, 0.3) is 6.08 Å². The van der Waals surface area contributed by atoms with E-state index < -0.39 is 0 Å². The van der Waals surface area contributed by atoms with Crippen LogP contribution in [-0.2, 0) is 4.74 Å². The fraction of sp³-hybridized carbons (Fsp3) is 0.429. The van der Waals surface area contributed by atoms with E-state index in [0.717, 1.165) is 44.7 Å². The Kier molecular flexibility index (Phi) is 4.89. The van der Waals surface area contributed by atoms with E-state index in [2.05, 4.69) is 17.1 Å². The van der Waals surface area contributed by atoms with Crippen LogP contribution in [0.5, 0.6) is 0 Å². The largest absolute Gasteiger partial charge is 0.378 e. The Morgan fingerprint density at radius 2 is 1.85 bits per heavy atom. The predicted octanol–water partition coefficient (Wildman–Crippen LogP) is 4.47. The Hall–Kier alpha value is -2.40. The predicted molar refractivity (Wildman–Crippen MR) is 102 cm³/mol. The second-order valence-electron chi connectivity index (χ2n) is 7.07. The Morgan fingerprint density at radius 1 is 1.08 bits per heavy atom. The molecule has 0 spiro atoms. The molecular formula is C21H24N2O3. The van der Waals surface area contributed by atoms with Crippen molar-refractivity contribution in [3.8, 4) is 0 Å². The number of benzene rings is 1. The van der Waals surface area contributed by atoms with Crippen molar-refractivity contribution < 1.29 is 9.66 Å². The van der Waals surface area contributed by atoms with Gasteiger partial charge in [-0.2, -0.15) is 0 Å². The number of morpholine rings is 1. The van der Waals surface area contributed by atoms with Gasteiger partial charge in [0.15, 0.2) is 0 Å². The molecule has 1 saturated heterocycles. The summed E-state index contributed by atoms with van der Waals surface area (Å²) in [6, 6.07) is 6.85. The first-order chi connectivity index (χ1) is 12.7. The third-order valence-corrected chi connectivity index (χ3v) is 5.44. The minimum atomic E-state index is -0.351. The summed E-state index contributed by atoms with van der Waals surface area (Å²) in [5.41, 5.74) is 6.94. The van der Waals surface area contributed by atoms with Gasteiger partial charge in [0.05, 0.1) is 18.1 Å². The molecule has 0 unspecified atom stereocenters. The SMILES string of the molecule is O=[N+]([O-])c1ccc(/C=C2\CCC(C3=CCCC3)=C2N2CCOCC2)cc1. The molecule has 0 N–H and O–H groups in total. The number of hydrogen-bond acceptors (Lipinski definition) is 4. The Balaban J connectivity index is 1.68. The van der Waals surface area contributed by atoms with Crippen LogP contribution in [0, 0.1) is 10.1 Å². The summed E-state index contributed by atoms with van der Waals surface area (Å²) >= 11 is 0. The van der Waals surface area contributed by atoms with E-state index in [1.54, 1.807) is 12.1 Å². The van der Waals surface area contributed by atoms with E-state index in [9.17, 15) is 10.1 Å². The third kappa shape index (κ3) is 3.44. The maximum Gasteiger partial charge on any atom is 0.269 e. The highest BCUT2D eigenvalue weighted by atomic mass is 16.6. The first kappa shape index (κ1) is 17.0. The van der Waals surface area contributed by atoms with Gasteiger partial charge in [-0.1, -0.05) is 6.08 Å². The van der Waals surface area contributed by atoms with Gasteiger partial charge >= 0.3 is 0 Å². The van der Waals surface area contributed by atoms with Gasteiger partial charge in [-0.3, -0.25) is 10.1 Å². The molecule has 0 saturated carbocycles. The van der Waals surface area contributed by atoms with Crippen LogP contribution in [-0.4, -0.2) is 36.1 Å². The van der Waals surface area contributed by atoms with Crippen LogP contribution in [0.3, 0.4) is 0 Å². The molecule has 0 radical (unpaired) electrons. The van der Waals surface area contributed by atoms with Crippen LogP contribution in [0.2, 0.25) is 0 Å². The van der Waals surface area contributed by atoms with Crippen LogP contribution < -0.4 is 0 Å². The zero-order chi connectivity index (χ0) is 17.9. The van der Waals surface area contributed by atoms with Crippen molar-refractivity contribution in [3.63, 3.8) is 0 Å². The molecule has 1 aromatic carbocycles. The lowest BCUT2D eigenvalue weighted by Crippen LogP contribution is -2.36. The number of rotatable bonds is 4. The molecule has 1 fully saturated rings. The molecule has 4 rings (SSSR count). The van der Waals surface area contributed by atoms with Gasteiger partial charge in [-0.25, -0.2) is 0 Å². The second kappa shape index (κ2) is 7.46. The van der Waals surface area contributed by atoms with Gasteiger partial charge in [0.25, 0.3) is 5.69 Å². The lowest BCUT2D eigenvalue weighted by Gasteiger charge is -2.32. The molecule has 5 nitrogen and oxygen atoms in total. The van der Waals surface area contributed by atoms with Crippen molar-refractivity contribution >= 4 is 11.8 Å². The van der Waals surface area contributed by atoms with Gasteiger partial charge in [0, 0.05) is 30.9 Å². The number of nitro benzene ring substituents is 1. The summed E-state index contributed by atoms with van der Waals surface area (Å²) in [5, 5.41) is 10.9. The van der Waals surface area contributed by atoms with Crippen LogP contribution in [0.4, 0.5) is 5.69 Å². The molecule has 0 atom stereocenters.